The van der Waals surface area contributed by atoms with Gasteiger partial charge in [0.25, 0.3) is 0 Å². The third-order valence-corrected chi connectivity index (χ3v) is 8.27. The molecule has 0 amide bonds. The minimum absolute atomic E-state index is 0.918. The number of hydrogen-bond donors (Lipinski definition) is 0. The molecule has 1 aliphatic rings. The Kier molecular flexibility index (Phi) is 4.17. The molecule has 0 saturated heterocycles. The molecule has 3 heterocycles. The van der Waals surface area contributed by atoms with Crippen molar-refractivity contribution < 1.29 is 8.83 Å². The summed E-state index contributed by atoms with van der Waals surface area (Å²) in [7, 11) is 0. The zero-order chi connectivity index (χ0) is 25.5. The van der Waals surface area contributed by atoms with Crippen LogP contribution in [0.3, 0.4) is 0 Å². The molecule has 0 fully saturated rings. The third kappa shape index (κ3) is 2.87. The topological polar surface area (TPSA) is 31.2 Å². The van der Waals surface area contributed by atoms with Crippen LogP contribution in [0.2, 0.25) is 0 Å². The lowest BCUT2D eigenvalue weighted by Crippen LogP contribution is -2.00. The number of aryl methyl sites for hydroxylation is 1. The molecule has 9 rings (SSSR count). The van der Waals surface area contributed by atoms with Gasteiger partial charge in [-0.1, -0.05) is 72.8 Å². The molecule has 0 unspecified atom stereocenters. The number of benzene rings is 5. The average Bonchev–Trinajstić information content (AvgIpc) is 3.66. The van der Waals surface area contributed by atoms with Crippen LogP contribution in [0.25, 0.3) is 77.7 Å². The van der Waals surface area contributed by atoms with Gasteiger partial charge < -0.3 is 13.4 Å². The molecule has 39 heavy (non-hydrogen) atoms. The van der Waals surface area contributed by atoms with Crippen molar-refractivity contribution in [1.29, 1.82) is 0 Å². The number of para-hydroxylation sites is 3. The zero-order valence-corrected chi connectivity index (χ0v) is 21.1. The van der Waals surface area contributed by atoms with Gasteiger partial charge in [0.05, 0.1) is 5.52 Å². The van der Waals surface area contributed by atoms with Crippen molar-refractivity contribution in [2.75, 3.05) is 0 Å². The number of rotatable bonds is 2. The third-order valence-electron chi connectivity index (χ3n) is 8.27. The first-order valence-electron chi connectivity index (χ1n) is 13.5. The number of nitrogens with zero attached hydrogens (tertiary/aromatic N) is 1. The van der Waals surface area contributed by atoms with E-state index in [1.807, 2.05) is 18.2 Å². The number of allylic oxidation sites excluding steroid dienone is 1. The van der Waals surface area contributed by atoms with E-state index in [9.17, 15) is 0 Å². The van der Waals surface area contributed by atoms with E-state index in [0.29, 0.717) is 0 Å². The van der Waals surface area contributed by atoms with E-state index in [2.05, 4.69) is 102 Å². The highest BCUT2D eigenvalue weighted by atomic mass is 16.3. The summed E-state index contributed by atoms with van der Waals surface area (Å²) >= 11 is 0. The fraction of sp³-hybridized carbons (Fsp3) is 0.0556. The van der Waals surface area contributed by atoms with E-state index in [-0.39, 0.29) is 0 Å². The standard InChI is InChI=1S/C36H23NO2/c1-4-16-30-29(13-1)34-31(20-19-28-26-12-3-6-18-33(26)39-36(28)34)37(30)23-10-7-9-22(21-23)24-14-8-15-27-25-11-2-5-17-32(25)38-35(24)27/h2-12,14-21H,1,13H2. The zero-order valence-electron chi connectivity index (χ0n) is 21.1. The molecular weight excluding hydrogens is 478 g/mol. The number of furan rings is 2. The molecule has 184 valence electrons. The maximum absolute atomic E-state index is 6.50. The summed E-state index contributed by atoms with van der Waals surface area (Å²) in [5, 5.41) is 5.87. The van der Waals surface area contributed by atoms with Gasteiger partial charge >= 0.3 is 0 Å². The van der Waals surface area contributed by atoms with E-state index < -0.39 is 0 Å². The summed E-state index contributed by atoms with van der Waals surface area (Å²) in [6.07, 6.45) is 6.60. The Bertz CT molecular complexity index is 2290. The highest BCUT2D eigenvalue weighted by Crippen LogP contribution is 2.42. The van der Waals surface area contributed by atoms with E-state index in [0.717, 1.165) is 62.8 Å². The molecule has 3 nitrogen and oxygen atoms in total. The Balaban J connectivity index is 1.31. The average molecular weight is 502 g/mol. The Hall–Kier alpha value is -5.02. The van der Waals surface area contributed by atoms with Crippen LogP contribution in [0.15, 0.2) is 118 Å². The van der Waals surface area contributed by atoms with Crippen LogP contribution in [-0.2, 0) is 6.42 Å². The van der Waals surface area contributed by atoms with Crippen LogP contribution in [-0.4, -0.2) is 4.57 Å². The first-order valence-corrected chi connectivity index (χ1v) is 13.5. The van der Waals surface area contributed by atoms with Crippen LogP contribution in [0, 0.1) is 0 Å². The summed E-state index contributed by atoms with van der Waals surface area (Å²) in [6, 6.07) is 36.3. The molecule has 0 atom stereocenters. The lowest BCUT2D eigenvalue weighted by Gasteiger charge is -2.13. The van der Waals surface area contributed by atoms with Gasteiger partial charge in [-0.25, -0.2) is 0 Å². The Morgan fingerprint density at radius 2 is 1.33 bits per heavy atom. The minimum Gasteiger partial charge on any atom is -0.455 e. The predicted octanol–water partition coefficient (Wildman–Crippen LogP) is 10.1. The number of aromatic nitrogens is 1. The number of fused-ring (bicyclic) bond motifs is 10. The summed E-state index contributed by atoms with van der Waals surface area (Å²) in [6.45, 7) is 0. The molecule has 0 saturated carbocycles. The monoisotopic (exact) mass is 501 g/mol. The van der Waals surface area contributed by atoms with Crippen molar-refractivity contribution in [3.63, 3.8) is 0 Å². The second-order valence-electron chi connectivity index (χ2n) is 10.4. The Morgan fingerprint density at radius 1 is 0.615 bits per heavy atom. The number of hydrogen-bond acceptors (Lipinski definition) is 2. The van der Waals surface area contributed by atoms with Gasteiger partial charge in [0, 0.05) is 43.9 Å². The van der Waals surface area contributed by atoms with Gasteiger partial charge in [0.1, 0.15) is 22.3 Å². The van der Waals surface area contributed by atoms with Crippen LogP contribution >= 0.6 is 0 Å². The molecule has 8 aromatic rings. The minimum atomic E-state index is 0.918. The lowest BCUT2D eigenvalue weighted by molar-refractivity contribution is 0.670. The first kappa shape index (κ1) is 21.0. The fourth-order valence-corrected chi connectivity index (χ4v) is 6.57. The largest absolute Gasteiger partial charge is 0.455 e. The van der Waals surface area contributed by atoms with Crippen molar-refractivity contribution in [3.05, 3.63) is 120 Å². The van der Waals surface area contributed by atoms with E-state index in [4.69, 9.17) is 8.83 Å². The van der Waals surface area contributed by atoms with Crippen LogP contribution in [0.1, 0.15) is 17.7 Å². The van der Waals surface area contributed by atoms with E-state index >= 15 is 0 Å². The van der Waals surface area contributed by atoms with Gasteiger partial charge in [-0.15, -0.1) is 0 Å². The molecule has 3 heteroatoms. The van der Waals surface area contributed by atoms with Crippen molar-refractivity contribution >= 4 is 60.9 Å². The summed E-state index contributed by atoms with van der Waals surface area (Å²) < 4.78 is 15.3. The van der Waals surface area contributed by atoms with Gasteiger partial charge in [-0.2, -0.15) is 0 Å². The molecular formula is C36H23NO2. The van der Waals surface area contributed by atoms with Crippen molar-refractivity contribution in [2.45, 2.75) is 12.8 Å². The first-order chi connectivity index (χ1) is 19.3. The molecule has 0 N–H and O–H groups in total. The summed E-state index contributed by atoms with van der Waals surface area (Å²) in [4.78, 5) is 0. The fourth-order valence-electron chi connectivity index (χ4n) is 6.57. The maximum atomic E-state index is 6.50. The molecule has 0 bridgehead atoms. The quantitative estimate of drug-likeness (QED) is 0.236. The lowest BCUT2D eigenvalue weighted by atomic mass is 9.99. The van der Waals surface area contributed by atoms with Gasteiger partial charge in [0.2, 0.25) is 0 Å². The van der Waals surface area contributed by atoms with Crippen LogP contribution in [0.4, 0.5) is 0 Å². The normalized spacial score (nSPS) is 13.3. The van der Waals surface area contributed by atoms with E-state index in [1.165, 1.54) is 32.9 Å². The molecule has 1 aliphatic carbocycles. The second-order valence-corrected chi connectivity index (χ2v) is 10.4. The van der Waals surface area contributed by atoms with Crippen molar-refractivity contribution in [3.8, 4) is 16.8 Å². The maximum Gasteiger partial charge on any atom is 0.145 e. The van der Waals surface area contributed by atoms with Crippen molar-refractivity contribution in [1.82, 2.24) is 4.57 Å². The highest BCUT2D eigenvalue weighted by Gasteiger charge is 2.23. The van der Waals surface area contributed by atoms with Gasteiger partial charge in [-0.3, -0.25) is 0 Å². The Morgan fingerprint density at radius 3 is 2.18 bits per heavy atom. The van der Waals surface area contributed by atoms with E-state index in [1.54, 1.807) is 0 Å². The Labute approximate surface area is 224 Å². The van der Waals surface area contributed by atoms with Crippen LogP contribution in [0.5, 0.6) is 0 Å². The molecule has 5 aromatic carbocycles. The summed E-state index contributed by atoms with van der Waals surface area (Å²) in [5.74, 6) is 0. The van der Waals surface area contributed by atoms with Crippen molar-refractivity contribution in [2.24, 2.45) is 0 Å². The van der Waals surface area contributed by atoms with Gasteiger partial charge in [-0.05, 0) is 66.4 Å². The molecule has 0 aliphatic heterocycles. The van der Waals surface area contributed by atoms with Gasteiger partial charge in [0.15, 0.2) is 0 Å². The molecule has 3 aromatic heterocycles. The highest BCUT2D eigenvalue weighted by molar-refractivity contribution is 6.16. The molecule has 0 spiro atoms. The summed E-state index contributed by atoms with van der Waals surface area (Å²) in [5.41, 5.74) is 10.9. The molecule has 0 radical (unpaired) electrons. The SMILES string of the molecule is C1=Cc2c(c3c4oc5ccccc5c4ccc3n2-c2cccc(-c3cccc4c3oc3ccccc34)c2)CC1. The predicted molar refractivity (Wildman–Crippen MR) is 161 cm³/mol. The second kappa shape index (κ2) is 7.75. The van der Waals surface area contributed by atoms with Crippen LogP contribution < -0.4 is 0 Å². The smallest absolute Gasteiger partial charge is 0.145 e.